The first-order valence-electron chi connectivity index (χ1n) is 12.5. The van der Waals surface area contributed by atoms with Crippen molar-refractivity contribution in [1.82, 2.24) is 15.3 Å². The van der Waals surface area contributed by atoms with E-state index in [0.717, 1.165) is 24.0 Å². The molecule has 8 heteroatoms. The molecule has 3 heterocycles. The maximum absolute atomic E-state index is 12.8. The fourth-order valence-electron chi connectivity index (χ4n) is 4.32. The van der Waals surface area contributed by atoms with E-state index < -0.39 is 0 Å². The molecule has 0 saturated carbocycles. The molecule has 0 bridgehead atoms. The molecule has 0 aliphatic carbocycles. The number of aromatic nitrogens is 2. The average molecular weight is 491 g/mol. The van der Waals surface area contributed by atoms with Crippen molar-refractivity contribution < 1.29 is 18.7 Å². The number of anilines is 1. The van der Waals surface area contributed by atoms with Crippen molar-refractivity contribution in [3.8, 4) is 11.5 Å². The van der Waals surface area contributed by atoms with Gasteiger partial charge in [-0.3, -0.25) is 14.6 Å². The van der Waals surface area contributed by atoms with Gasteiger partial charge in [-0.05, 0) is 61.9 Å². The fraction of sp³-hybridized carbons (Fsp3) is 0.429. The molecule has 190 valence electrons. The van der Waals surface area contributed by atoms with Crippen LogP contribution in [0.4, 0.5) is 5.69 Å². The van der Waals surface area contributed by atoms with Crippen LogP contribution in [-0.2, 0) is 27.3 Å². The summed E-state index contributed by atoms with van der Waals surface area (Å²) in [6.07, 6.45) is 6.07. The predicted molar refractivity (Wildman–Crippen MR) is 137 cm³/mol. The average Bonchev–Trinajstić information content (AvgIpc) is 3.27. The molecule has 2 N–H and O–H groups in total. The zero-order valence-corrected chi connectivity index (χ0v) is 21.1. The van der Waals surface area contributed by atoms with E-state index in [-0.39, 0.29) is 23.8 Å². The molecule has 1 saturated heterocycles. The highest BCUT2D eigenvalue weighted by Crippen LogP contribution is 2.26. The molecule has 0 spiro atoms. The quantitative estimate of drug-likeness (QED) is 0.451. The van der Waals surface area contributed by atoms with Gasteiger partial charge in [0.15, 0.2) is 0 Å². The molecule has 4 rings (SSSR count). The van der Waals surface area contributed by atoms with Crippen molar-refractivity contribution in [2.24, 2.45) is 11.8 Å². The number of rotatable bonds is 9. The Labute approximate surface area is 211 Å². The van der Waals surface area contributed by atoms with Crippen LogP contribution >= 0.6 is 0 Å². The van der Waals surface area contributed by atoms with Crippen molar-refractivity contribution in [2.45, 2.75) is 59.1 Å². The van der Waals surface area contributed by atoms with Gasteiger partial charge in [0, 0.05) is 42.6 Å². The van der Waals surface area contributed by atoms with Gasteiger partial charge in [0.2, 0.25) is 17.7 Å². The number of carbonyl (C=O) groups excluding carboxylic acids is 2. The van der Waals surface area contributed by atoms with Gasteiger partial charge < -0.3 is 19.8 Å². The van der Waals surface area contributed by atoms with Crippen molar-refractivity contribution in [1.29, 1.82) is 0 Å². The Hall–Kier alpha value is -3.52. The monoisotopic (exact) mass is 490 g/mol. The first-order chi connectivity index (χ1) is 17.4. The number of hydrogen-bond donors (Lipinski definition) is 2. The number of hydrogen-bond acceptors (Lipinski definition) is 6. The Morgan fingerprint density at radius 2 is 2.06 bits per heavy atom. The van der Waals surface area contributed by atoms with Gasteiger partial charge in [-0.1, -0.05) is 26.0 Å². The summed E-state index contributed by atoms with van der Waals surface area (Å²) in [5, 5.41) is 5.96. The van der Waals surface area contributed by atoms with E-state index >= 15 is 0 Å². The summed E-state index contributed by atoms with van der Waals surface area (Å²) in [5.74, 6) is 1.41. The lowest BCUT2D eigenvalue weighted by atomic mass is 9.89. The Morgan fingerprint density at radius 1 is 1.19 bits per heavy atom. The molecule has 1 aliphatic heterocycles. The SMILES string of the molecule is Cc1oc(-c2cccc(NC(=O)CCc3cccnc3)c2)nc1CNC(=O)C1CCOC(C(C)C)C1. The number of carbonyl (C=O) groups is 2. The summed E-state index contributed by atoms with van der Waals surface area (Å²) in [6.45, 7) is 7.00. The van der Waals surface area contributed by atoms with Crippen molar-refractivity contribution >= 4 is 17.5 Å². The highest BCUT2D eigenvalue weighted by molar-refractivity contribution is 5.91. The highest BCUT2D eigenvalue weighted by Gasteiger charge is 2.29. The number of nitrogens with zero attached hydrogens (tertiary/aromatic N) is 2. The minimum atomic E-state index is -0.0733. The Bertz CT molecular complexity index is 1180. The fourth-order valence-corrected chi connectivity index (χ4v) is 4.32. The van der Waals surface area contributed by atoms with Crippen LogP contribution in [0, 0.1) is 18.8 Å². The summed E-state index contributed by atoms with van der Waals surface area (Å²) >= 11 is 0. The molecule has 3 aromatic rings. The predicted octanol–water partition coefficient (Wildman–Crippen LogP) is 4.68. The van der Waals surface area contributed by atoms with E-state index in [2.05, 4.69) is 34.4 Å². The molecule has 2 unspecified atom stereocenters. The summed E-state index contributed by atoms with van der Waals surface area (Å²) < 4.78 is 11.7. The van der Waals surface area contributed by atoms with Gasteiger partial charge in [-0.2, -0.15) is 0 Å². The van der Waals surface area contributed by atoms with Crippen LogP contribution in [0.25, 0.3) is 11.5 Å². The summed E-state index contributed by atoms with van der Waals surface area (Å²) in [7, 11) is 0. The number of amides is 2. The van der Waals surface area contributed by atoms with Crippen LogP contribution in [0.3, 0.4) is 0 Å². The van der Waals surface area contributed by atoms with E-state index in [0.29, 0.717) is 54.9 Å². The lowest BCUT2D eigenvalue weighted by Gasteiger charge is -2.31. The molecule has 8 nitrogen and oxygen atoms in total. The molecule has 2 aromatic heterocycles. The molecule has 36 heavy (non-hydrogen) atoms. The highest BCUT2D eigenvalue weighted by atomic mass is 16.5. The smallest absolute Gasteiger partial charge is 0.226 e. The van der Waals surface area contributed by atoms with Crippen molar-refractivity contribution in [2.75, 3.05) is 11.9 Å². The van der Waals surface area contributed by atoms with Crippen molar-refractivity contribution in [3.05, 3.63) is 65.8 Å². The largest absolute Gasteiger partial charge is 0.441 e. The van der Waals surface area contributed by atoms with E-state index in [9.17, 15) is 9.59 Å². The van der Waals surface area contributed by atoms with Crippen LogP contribution in [-0.4, -0.2) is 34.5 Å². The zero-order valence-electron chi connectivity index (χ0n) is 21.1. The summed E-state index contributed by atoms with van der Waals surface area (Å²) in [4.78, 5) is 33.9. The first-order valence-corrected chi connectivity index (χ1v) is 12.5. The minimum absolute atomic E-state index is 0.0314. The van der Waals surface area contributed by atoms with E-state index in [1.54, 1.807) is 12.4 Å². The van der Waals surface area contributed by atoms with Crippen LogP contribution in [0.5, 0.6) is 0 Å². The van der Waals surface area contributed by atoms with Gasteiger partial charge in [0.25, 0.3) is 0 Å². The van der Waals surface area contributed by atoms with Crippen LogP contribution < -0.4 is 10.6 Å². The minimum Gasteiger partial charge on any atom is -0.441 e. The molecular weight excluding hydrogens is 456 g/mol. The van der Waals surface area contributed by atoms with Gasteiger partial charge in [0.05, 0.1) is 12.6 Å². The third-order valence-corrected chi connectivity index (χ3v) is 6.51. The second-order valence-corrected chi connectivity index (χ2v) is 9.60. The van der Waals surface area contributed by atoms with Gasteiger partial charge >= 0.3 is 0 Å². The Kier molecular flexibility index (Phi) is 8.48. The first kappa shape index (κ1) is 25.6. The zero-order chi connectivity index (χ0) is 25.5. The second kappa shape index (κ2) is 11.9. The molecule has 0 radical (unpaired) electrons. The maximum atomic E-state index is 12.8. The number of benzene rings is 1. The van der Waals surface area contributed by atoms with E-state index in [4.69, 9.17) is 9.15 Å². The number of nitrogens with one attached hydrogen (secondary N) is 2. The van der Waals surface area contributed by atoms with Crippen molar-refractivity contribution in [3.63, 3.8) is 0 Å². The van der Waals surface area contributed by atoms with Crippen LogP contribution in [0.15, 0.2) is 53.2 Å². The normalized spacial score (nSPS) is 17.7. The molecule has 1 fully saturated rings. The third kappa shape index (κ3) is 6.79. The van der Waals surface area contributed by atoms with Gasteiger partial charge in [0.1, 0.15) is 11.5 Å². The van der Waals surface area contributed by atoms with Crippen LogP contribution in [0.1, 0.15) is 50.1 Å². The lowest BCUT2D eigenvalue weighted by Crippen LogP contribution is -2.38. The molecule has 1 aliphatic rings. The summed E-state index contributed by atoms with van der Waals surface area (Å²) in [5.41, 5.74) is 3.14. The molecule has 2 atom stereocenters. The Balaban J connectivity index is 1.33. The second-order valence-electron chi connectivity index (χ2n) is 9.60. The molecule has 2 amide bonds. The van der Waals surface area contributed by atoms with Gasteiger partial charge in [-0.15, -0.1) is 0 Å². The van der Waals surface area contributed by atoms with Gasteiger partial charge in [-0.25, -0.2) is 4.98 Å². The topological polar surface area (TPSA) is 106 Å². The molecule has 1 aromatic carbocycles. The molecular formula is C28H34N4O4. The number of pyridine rings is 1. The standard InChI is InChI=1S/C28H34N4O4/c1-18(2)25-15-21(11-13-35-25)27(34)30-17-24-19(3)36-28(32-24)22-7-4-8-23(14-22)31-26(33)10-9-20-6-5-12-29-16-20/h4-8,12,14,16,18,21,25H,9-11,13,15,17H2,1-3H3,(H,30,34)(H,31,33). The van der Waals surface area contributed by atoms with Crippen LogP contribution in [0.2, 0.25) is 0 Å². The maximum Gasteiger partial charge on any atom is 0.226 e. The van der Waals surface area contributed by atoms with E-state index in [1.807, 2.05) is 43.3 Å². The number of ether oxygens (including phenoxy) is 1. The lowest BCUT2D eigenvalue weighted by molar-refractivity contribution is -0.131. The van der Waals surface area contributed by atoms with E-state index in [1.165, 1.54) is 0 Å². The Morgan fingerprint density at radius 3 is 2.83 bits per heavy atom. The third-order valence-electron chi connectivity index (χ3n) is 6.51. The number of oxazole rings is 1. The summed E-state index contributed by atoms with van der Waals surface area (Å²) in [6, 6.07) is 11.2. The number of aryl methyl sites for hydroxylation is 2.